The smallest absolute Gasteiger partial charge is 0.209 e. The summed E-state index contributed by atoms with van der Waals surface area (Å²) in [6.07, 6.45) is 0. The third-order valence-corrected chi connectivity index (χ3v) is 3.32. The summed E-state index contributed by atoms with van der Waals surface area (Å²) in [4.78, 5) is 12.5. The van der Waals surface area contributed by atoms with Gasteiger partial charge in [-0.1, -0.05) is 6.07 Å². The quantitative estimate of drug-likeness (QED) is 0.780. The highest BCUT2D eigenvalue weighted by molar-refractivity contribution is 7.12. The topological polar surface area (TPSA) is 26.3 Å². The van der Waals surface area contributed by atoms with Gasteiger partial charge >= 0.3 is 0 Å². The molecule has 0 aliphatic heterocycles. The van der Waals surface area contributed by atoms with E-state index >= 15 is 0 Å². The molecule has 0 aliphatic rings. The van der Waals surface area contributed by atoms with Gasteiger partial charge in [0.2, 0.25) is 5.78 Å². The number of methoxy groups -OCH3 is 1. The number of benzene rings is 1. The number of thiophene rings is 1. The van der Waals surface area contributed by atoms with Crippen LogP contribution in [0.3, 0.4) is 0 Å². The first-order valence-electron chi connectivity index (χ1n) is 5.06. The predicted molar refractivity (Wildman–Crippen MR) is 65.4 cm³/mol. The van der Waals surface area contributed by atoms with Gasteiger partial charge in [-0.05, 0) is 36.1 Å². The number of hydrogen-bond donors (Lipinski definition) is 0. The average Bonchev–Trinajstić information content (AvgIpc) is 2.76. The van der Waals surface area contributed by atoms with E-state index in [-0.39, 0.29) is 11.3 Å². The molecule has 0 radical (unpaired) electrons. The molecule has 0 saturated carbocycles. The van der Waals surface area contributed by atoms with Gasteiger partial charge in [0, 0.05) is 0 Å². The molecule has 4 heteroatoms. The first-order chi connectivity index (χ1) is 8.13. The van der Waals surface area contributed by atoms with Crippen molar-refractivity contribution >= 4 is 17.1 Å². The molecule has 0 fully saturated rings. The van der Waals surface area contributed by atoms with E-state index in [0.29, 0.717) is 10.6 Å². The van der Waals surface area contributed by atoms with Crippen LogP contribution in [-0.4, -0.2) is 12.9 Å². The van der Waals surface area contributed by atoms with Gasteiger partial charge in [0.15, 0.2) is 0 Å². The lowest BCUT2D eigenvalue weighted by Crippen LogP contribution is -2.04. The standard InChI is InChI=1S/C13H11FO2S/c1-8-3-4-9(10(14)7-8)12(15)13-11(16-2)5-6-17-13/h3-7H,1-2H3. The van der Waals surface area contributed by atoms with Crippen molar-refractivity contribution in [1.82, 2.24) is 0 Å². The maximum atomic E-state index is 13.7. The lowest BCUT2D eigenvalue weighted by atomic mass is 10.1. The van der Waals surface area contributed by atoms with E-state index in [0.717, 1.165) is 5.56 Å². The molecule has 0 N–H and O–H groups in total. The van der Waals surface area contributed by atoms with Crippen LogP contribution in [0, 0.1) is 12.7 Å². The van der Waals surface area contributed by atoms with Gasteiger partial charge in [-0.3, -0.25) is 4.79 Å². The molecule has 2 nitrogen and oxygen atoms in total. The molecule has 0 saturated heterocycles. The van der Waals surface area contributed by atoms with Gasteiger partial charge in [0.1, 0.15) is 16.4 Å². The minimum Gasteiger partial charge on any atom is -0.495 e. The third kappa shape index (κ3) is 2.22. The fourth-order valence-corrected chi connectivity index (χ4v) is 2.36. The van der Waals surface area contributed by atoms with E-state index in [4.69, 9.17) is 4.74 Å². The van der Waals surface area contributed by atoms with Gasteiger partial charge in [-0.2, -0.15) is 0 Å². The molecule has 0 unspecified atom stereocenters. The normalized spacial score (nSPS) is 10.3. The Morgan fingerprint density at radius 2 is 2.12 bits per heavy atom. The zero-order valence-electron chi connectivity index (χ0n) is 9.49. The Labute approximate surface area is 103 Å². The van der Waals surface area contributed by atoms with Gasteiger partial charge in [-0.15, -0.1) is 11.3 Å². The fraction of sp³-hybridized carbons (Fsp3) is 0.154. The fourth-order valence-electron chi connectivity index (χ4n) is 1.55. The average molecular weight is 250 g/mol. The third-order valence-electron chi connectivity index (χ3n) is 2.42. The van der Waals surface area contributed by atoms with Crippen LogP contribution in [0.1, 0.15) is 20.8 Å². The number of aryl methyl sites for hydroxylation is 1. The van der Waals surface area contributed by atoms with Crippen molar-refractivity contribution < 1.29 is 13.9 Å². The first kappa shape index (κ1) is 11.8. The Balaban J connectivity index is 2.44. The summed E-state index contributed by atoms with van der Waals surface area (Å²) >= 11 is 1.25. The van der Waals surface area contributed by atoms with Crippen molar-refractivity contribution in [3.63, 3.8) is 0 Å². The SMILES string of the molecule is COc1ccsc1C(=O)c1ccc(C)cc1F. The molecule has 88 valence electrons. The van der Waals surface area contributed by atoms with Crippen molar-refractivity contribution in [1.29, 1.82) is 0 Å². The zero-order chi connectivity index (χ0) is 12.4. The summed E-state index contributed by atoms with van der Waals surface area (Å²) in [5.41, 5.74) is 0.869. The van der Waals surface area contributed by atoms with Crippen molar-refractivity contribution in [2.75, 3.05) is 7.11 Å². The lowest BCUT2D eigenvalue weighted by Gasteiger charge is -2.04. The summed E-state index contributed by atoms with van der Waals surface area (Å²) in [6.45, 7) is 1.78. The molecule has 1 heterocycles. The van der Waals surface area contributed by atoms with Crippen LogP contribution in [0.15, 0.2) is 29.6 Å². The maximum Gasteiger partial charge on any atom is 0.209 e. The van der Waals surface area contributed by atoms with Crippen molar-refractivity contribution in [3.8, 4) is 5.75 Å². The van der Waals surface area contributed by atoms with Crippen LogP contribution in [0.2, 0.25) is 0 Å². The van der Waals surface area contributed by atoms with E-state index in [2.05, 4.69) is 0 Å². The molecule has 0 atom stereocenters. The Morgan fingerprint density at radius 1 is 1.35 bits per heavy atom. The molecule has 0 amide bonds. The largest absolute Gasteiger partial charge is 0.495 e. The van der Waals surface area contributed by atoms with E-state index in [1.807, 2.05) is 0 Å². The number of halogens is 1. The molecule has 0 spiro atoms. The molecular formula is C13H11FO2S. The minimum absolute atomic E-state index is 0.0800. The van der Waals surface area contributed by atoms with Crippen LogP contribution < -0.4 is 4.74 Å². The molecule has 1 aromatic heterocycles. The molecule has 0 aliphatic carbocycles. The summed E-state index contributed by atoms with van der Waals surface area (Å²) in [5, 5.41) is 1.75. The summed E-state index contributed by atoms with van der Waals surface area (Å²) in [6, 6.07) is 6.28. The van der Waals surface area contributed by atoms with Gasteiger partial charge in [0.05, 0.1) is 12.7 Å². The number of ketones is 1. The molecule has 2 aromatic rings. The van der Waals surface area contributed by atoms with Crippen LogP contribution in [0.25, 0.3) is 0 Å². The van der Waals surface area contributed by atoms with E-state index in [9.17, 15) is 9.18 Å². The Morgan fingerprint density at radius 3 is 2.76 bits per heavy atom. The first-order valence-corrected chi connectivity index (χ1v) is 5.94. The highest BCUT2D eigenvalue weighted by atomic mass is 32.1. The van der Waals surface area contributed by atoms with E-state index < -0.39 is 5.82 Å². The number of hydrogen-bond acceptors (Lipinski definition) is 3. The Hall–Kier alpha value is -1.68. The minimum atomic E-state index is -0.495. The van der Waals surface area contributed by atoms with Crippen LogP contribution in [0.4, 0.5) is 4.39 Å². The second-order valence-corrected chi connectivity index (χ2v) is 4.55. The molecule has 1 aromatic carbocycles. The number of rotatable bonds is 3. The van der Waals surface area contributed by atoms with Crippen molar-refractivity contribution in [2.45, 2.75) is 6.92 Å². The van der Waals surface area contributed by atoms with E-state index in [1.165, 1.54) is 30.6 Å². The summed E-state index contributed by atoms with van der Waals surface area (Å²) < 4.78 is 18.7. The maximum absolute atomic E-state index is 13.7. The van der Waals surface area contributed by atoms with Crippen molar-refractivity contribution in [3.05, 3.63) is 51.5 Å². The van der Waals surface area contributed by atoms with E-state index in [1.54, 1.807) is 24.4 Å². The monoisotopic (exact) mass is 250 g/mol. The molecule has 0 bridgehead atoms. The Kier molecular flexibility index (Phi) is 3.24. The van der Waals surface area contributed by atoms with Gasteiger partial charge in [-0.25, -0.2) is 4.39 Å². The highest BCUT2D eigenvalue weighted by Gasteiger charge is 2.19. The highest BCUT2D eigenvalue weighted by Crippen LogP contribution is 2.28. The molecular weight excluding hydrogens is 239 g/mol. The second-order valence-electron chi connectivity index (χ2n) is 3.63. The predicted octanol–water partition coefficient (Wildman–Crippen LogP) is 3.44. The van der Waals surface area contributed by atoms with Crippen LogP contribution >= 0.6 is 11.3 Å². The lowest BCUT2D eigenvalue weighted by molar-refractivity contribution is 0.103. The zero-order valence-corrected chi connectivity index (χ0v) is 10.3. The number of carbonyl (C=O) groups excluding carboxylic acids is 1. The second kappa shape index (κ2) is 4.67. The van der Waals surface area contributed by atoms with Crippen molar-refractivity contribution in [2.24, 2.45) is 0 Å². The molecule has 17 heavy (non-hydrogen) atoms. The summed E-state index contributed by atoms with van der Waals surface area (Å²) in [7, 11) is 1.49. The number of ether oxygens (including phenoxy) is 1. The Bertz CT molecular complexity index is 560. The summed E-state index contributed by atoms with van der Waals surface area (Å²) in [5.74, 6) is -0.347. The molecule has 2 rings (SSSR count). The van der Waals surface area contributed by atoms with Crippen LogP contribution in [-0.2, 0) is 0 Å². The van der Waals surface area contributed by atoms with Crippen LogP contribution in [0.5, 0.6) is 5.75 Å². The van der Waals surface area contributed by atoms with Gasteiger partial charge in [0.25, 0.3) is 0 Å². The number of carbonyl (C=O) groups is 1. The van der Waals surface area contributed by atoms with Gasteiger partial charge < -0.3 is 4.74 Å².